The molecule has 1 aliphatic heterocycles. The van der Waals surface area contributed by atoms with E-state index < -0.39 is 0 Å². The highest BCUT2D eigenvalue weighted by Crippen LogP contribution is 2.22. The molecule has 0 aliphatic carbocycles. The molecule has 0 unspecified atom stereocenters. The molecule has 0 atom stereocenters. The third kappa shape index (κ3) is 3.10. The van der Waals surface area contributed by atoms with Crippen molar-refractivity contribution in [2.45, 2.75) is 32.7 Å². The fourth-order valence-corrected chi connectivity index (χ4v) is 3.20. The van der Waals surface area contributed by atoms with Crippen molar-refractivity contribution in [3.05, 3.63) is 70.8 Å². The lowest BCUT2D eigenvalue weighted by molar-refractivity contribution is 0.251. The van der Waals surface area contributed by atoms with E-state index in [1.54, 1.807) is 5.56 Å². The molecule has 1 heterocycles. The standard InChI is InChI=1S/C19H23N/c1-16-7-5-11-18-15-20(14-12-19(16)18)13-6-10-17-8-3-2-4-9-17/h2-5,7-9,11H,6,10,12-15H2,1H3. The van der Waals surface area contributed by atoms with Crippen molar-refractivity contribution in [3.63, 3.8) is 0 Å². The van der Waals surface area contributed by atoms with E-state index >= 15 is 0 Å². The van der Waals surface area contributed by atoms with Gasteiger partial charge in [-0.2, -0.15) is 0 Å². The molecule has 0 radical (unpaired) electrons. The van der Waals surface area contributed by atoms with Gasteiger partial charge in [-0.15, -0.1) is 0 Å². The van der Waals surface area contributed by atoms with Gasteiger partial charge in [-0.1, -0.05) is 48.5 Å². The van der Waals surface area contributed by atoms with E-state index in [9.17, 15) is 0 Å². The van der Waals surface area contributed by atoms with Crippen molar-refractivity contribution in [2.75, 3.05) is 13.1 Å². The molecule has 2 aromatic rings. The van der Waals surface area contributed by atoms with Crippen LogP contribution in [0.3, 0.4) is 0 Å². The van der Waals surface area contributed by atoms with E-state index in [-0.39, 0.29) is 0 Å². The molecule has 0 N–H and O–H groups in total. The third-order valence-corrected chi connectivity index (χ3v) is 4.36. The van der Waals surface area contributed by atoms with Gasteiger partial charge < -0.3 is 0 Å². The quantitative estimate of drug-likeness (QED) is 0.808. The highest BCUT2D eigenvalue weighted by atomic mass is 15.1. The van der Waals surface area contributed by atoms with Crippen LogP contribution in [0.1, 0.15) is 28.7 Å². The second kappa shape index (κ2) is 6.23. The second-order valence-electron chi connectivity index (χ2n) is 5.83. The van der Waals surface area contributed by atoms with Crippen LogP contribution in [0.4, 0.5) is 0 Å². The van der Waals surface area contributed by atoms with E-state index in [1.165, 1.54) is 49.0 Å². The number of aryl methyl sites for hydroxylation is 2. The Morgan fingerprint density at radius 3 is 2.70 bits per heavy atom. The molecule has 2 aromatic carbocycles. The lowest BCUT2D eigenvalue weighted by Crippen LogP contribution is -2.31. The van der Waals surface area contributed by atoms with Gasteiger partial charge in [-0.05, 0) is 55.0 Å². The van der Waals surface area contributed by atoms with E-state index in [1.807, 2.05) is 0 Å². The molecule has 1 aliphatic rings. The van der Waals surface area contributed by atoms with Crippen LogP contribution in [0.2, 0.25) is 0 Å². The van der Waals surface area contributed by atoms with Crippen molar-refractivity contribution in [3.8, 4) is 0 Å². The minimum atomic E-state index is 1.13. The fraction of sp³-hybridized carbons (Fsp3) is 0.368. The van der Waals surface area contributed by atoms with Crippen molar-refractivity contribution >= 4 is 0 Å². The highest BCUT2D eigenvalue weighted by Gasteiger charge is 2.16. The lowest BCUT2D eigenvalue weighted by Gasteiger charge is -2.29. The summed E-state index contributed by atoms with van der Waals surface area (Å²) in [5.41, 5.74) is 6.05. The summed E-state index contributed by atoms with van der Waals surface area (Å²) >= 11 is 0. The van der Waals surface area contributed by atoms with Crippen LogP contribution in [0.5, 0.6) is 0 Å². The van der Waals surface area contributed by atoms with Gasteiger partial charge in [0.2, 0.25) is 0 Å². The van der Waals surface area contributed by atoms with Crippen LogP contribution in [-0.4, -0.2) is 18.0 Å². The fourth-order valence-electron chi connectivity index (χ4n) is 3.20. The molecule has 20 heavy (non-hydrogen) atoms. The van der Waals surface area contributed by atoms with Gasteiger partial charge in [0.05, 0.1) is 0 Å². The highest BCUT2D eigenvalue weighted by molar-refractivity contribution is 5.36. The summed E-state index contributed by atoms with van der Waals surface area (Å²) in [5, 5.41) is 0. The maximum Gasteiger partial charge on any atom is 0.0236 e. The molecule has 0 fully saturated rings. The van der Waals surface area contributed by atoms with Gasteiger partial charge in [0.25, 0.3) is 0 Å². The number of hydrogen-bond acceptors (Lipinski definition) is 1. The number of nitrogens with zero attached hydrogens (tertiary/aromatic N) is 1. The Kier molecular flexibility index (Phi) is 4.17. The molecule has 0 aromatic heterocycles. The third-order valence-electron chi connectivity index (χ3n) is 4.36. The Balaban J connectivity index is 1.53. The van der Waals surface area contributed by atoms with Crippen LogP contribution < -0.4 is 0 Å². The average molecular weight is 265 g/mol. The molecular formula is C19H23N. The number of benzene rings is 2. The molecule has 104 valence electrons. The molecule has 1 heteroatoms. The van der Waals surface area contributed by atoms with Gasteiger partial charge >= 0.3 is 0 Å². The van der Waals surface area contributed by atoms with Crippen LogP contribution in [-0.2, 0) is 19.4 Å². The predicted octanol–water partition coefficient (Wildman–Crippen LogP) is 3.99. The first kappa shape index (κ1) is 13.4. The molecule has 0 amide bonds. The minimum Gasteiger partial charge on any atom is -0.299 e. The summed E-state index contributed by atoms with van der Waals surface area (Å²) in [6.45, 7) is 5.80. The van der Waals surface area contributed by atoms with E-state index in [4.69, 9.17) is 0 Å². The van der Waals surface area contributed by atoms with Crippen molar-refractivity contribution in [1.82, 2.24) is 4.90 Å². The predicted molar refractivity (Wildman–Crippen MR) is 84.9 cm³/mol. The van der Waals surface area contributed by atoms with E-state index in [2.05, 4.69) is 60.4 Å². The zero-order valence-corrected chi connectivity index (χ0v) is 12.3. The first-order valence-corrected chi connectivity index (χ1v) is 7.66. The SMILES string of the molecule is Cc1cccc2c1CCN(CCCc1ccccc1)C2. The van der Waals surface area contributed by atoms with E-state index in [0.717, 1.165) is 6.54 Å². The maximum atomic E-state index is 2.60. The van der Waals surface area contributed by atoms with Gasteiger partial charge in [0.1, 0.15) is 0 Å². The van der Waals surface area contributed by atoms with Gasteiger partial charge in [-0.25, -0.2) is 0 Å². The monoisotopic (exact) mass is 265 g/mol. The Morgan fingerprint density at radius 2 is 1.85 bits per heavy atom. The molecule has 0 saturated carbocycles. The minimum absolute atomic E-state index is 1.13. The Labute approximate surface area is 122 Å². The smallest absolute Gasteiger partial charge is 0.0236 e. The normalized spacial score (nSPS) is 15.1. The first-order chi connectivity index (χ1) is 9.83. The van der Waals surface area contributed by atoms with Crippen LogP contribution in [0, 0.1) is 6.92 Å². The van der Waals surface area contributed by atoms with E-state index in [0.29, 0.717) is 0 Å². The number of rotatable bonds is 4. The topological polar surface area (TPSA) is 3.24 Å². The first-order valence-electron chi connectivity index (χ1n) is 7.66. The summed E-state index contributed by atoms with van der Waals surface area (Å²) in [6, 6.07) is 17.6. The van der Waals surface area contributed by atoms with Crippen molar-refractivity contribution < 1.29 is 0 Å². The molecule has 1 nitrogen and oxygen atoms in total. The van der Waals surface area contributed by atoms with Crippen LogP contribution in [0.25, 0.3) is 0 Å². The lowest BCUT2D eigenvalue weighted by atomic mass is 9.95. The van der Waals surface area contributed by atoms with Gasteiger partial charge in [0, 0.05) is 13.1 Å². The summed E-state index contributed by atoms with van der Waals surface area (Å²) in [4.78, 5) is 2.60. The second-order valence-corrected chi connectivity index (χ2v) is 5.83. The summed E-state index contributed by atoms with van der Waals surface area (Å²) < 4.78 is 0. The zero-order chi connectivity index (χ0) is 13.8. The number of hydrogen-bond donors (Lipinski definition) is 0. The molecule has 0 spiro atoms. The molecule has 0 bridgehead atoms. The van der Waals surface area contributed by atoms with Gasteiger partial charge in [0.15, 0.2) is 0 Å². The summed E-state index contributed by atoms with van der Waals surface area (Å²) in [6.07, 6.45) is 3.66. The largest absolute Gasteiger partial charge is 0.299 e. The summed E-state index contributed by atoms with van der Waals surface area (Å²) in [5.74, 6) is 0. The molecule has 0 saturated heterocycles. The zero-order valence-electron chi connectivity index (χ0n) is 12.3. The number of fused-ring (bicyclic) bond motifs is 1. The maximum absolute atomic E-state index is 2.60. The van der Waals surface area contributed by atoms with Crippen molar-refractivity contribution in [2.24, 2.45) is 0 Å². The summed E-state index contributed by atoms with van der Waals surface area (Å²) in [7, 11) is 0. The van der Waals surface area contributed by atoms with Gasteiger partial charge in [-0.3, -0.25) is 4.90 Å². The molecular weight excluding hydrogens is 242 g/mol. The Morgan fingerprint density at radius 1 is 1.00 bits per heavy atom. The average Bonchev–Trinajstić information content (AvgIpc) is 2.48. The Hall–Kier alpha value is -1.60. The van der Waals surface area contributed by atoms with Crippen LogP contribution >= 0.6 is 0 Å². The van der Waals surface area contributed by atoms with Crippen LogP contribution in [0.15, 0.2) is 48.5 Å². The Bertz CT molecular complexity index is 559. The van der Waals surface area contributed by atoms with Crippen molar-refractivity contribution in [1.29, 1.82) is 0 Å². The molecule has 3 rings (SSSR count).